The smallest absolute Gasteiger partial charge is 0.148 e. The van der Waals surface area contributed by atoms with Crippen molar-refractivity contribution in [3.8, 4) is 22.9 Å². The Morgan fingerprint density at radius 3 is 2.45 bits per heavy atom. The number of hydrogen-bond acceptors (Lipinski definition) is 4. The number of nitrogens with zero attached hydrogens (tertiary/aromatic N) is 3. The molecular weight excluding hydrogens is 254 g/mol. The van der Waals surface area contributed by atoms with Crippen LogP contribution in [-0.2, 0) is 0 Å². The molecule has 0 saturated carbocycles. The summed E-state index contributed by atoms with van der Waals surface area (Å²) in [6, 6.07) is 6.69. The number of pyridine rings is 1. The Kier molecular flexibility index (Phi) is 2.82. The molecule has 102 valence electrons. The average Bonchev–Trinajstić information content (AvgIpc) is 2.77. The number of hydrogen-bond donors (Lipinski definition) is 2. The highest BCUT2D eigenvalue weighted by molar-refractivity contribution is 5.83. The maximum absolute atomic E-state index is 10.0. The first-order chi connectivity index (χ1) is 9.59. The van der Waals surface area contributed by atoms with E-state index in [0.717, 1.165) is 11.0 Å². The Labute approximate surface area is 116 Å². The molecule has 0 radical (unpaired) electrons. The van der Waals surface area contributed by atoms with Gasteiger partial charge in [0.25, 0.3) is 0 Å². The molecule has 0 aliphatic carbocycles. The van der Waals surface area contributed by atoms with Gasteiger partial charge < -0.3 is 14.8 Å². The lowest BCUT2D eigenvalue weighted by Crippen LogP contribution is -2.03. The van der Waals surface area contributed by atoms with Crippen molar-refractivity contribution in [1.29, 1.82) is 0 Å². The van der Waals surface area contributed by atoms with Gasteiger partial charge in [0.1, 0.15) is 28.4 Å². The van der Waals surface area contributed by atoms with Crippen LogP contribution in [-0.4, -0.2) is 24.7 Å². The molecule has 3 rings (SSSR count). The van der Waals surface area contributed by atoms with E-state index in [1.807, 2.05) is 24.5 Å². The number of rotatable bonds is 2. The molecule has 2 heterocycles. The summed E-state index contributed by atoms with van der Waals surface area (Å²) in [7, 11) is 0. The molecule has 0 fully saturated rings. The van der Waals surface area contributed by atoms with Crippen molar-refractivity contribution in [2.45, 2.75) is 19.9 Å². The molecule has 1 aromatic carbocycles. The van der Waals surface area contributed by atoms with Crippen LogP contribution in [0.4, 0.5) is 0 Å². The van der Waals surface area contributed by atoms with E-state index in [1.165, 1.54) is 12.1 Å². The van der Waals surface area contributed by atoms with Gasteiger partial charge in [0.05, 0.1) is 11.7 Å². The summed E-state index contributed by atoms with van der Waals surface area (Å²) < 4.78 is 1.98. The largest absolute Gasteiger partial charge is 0.507 e. The first kappa shape index (κ1) is 12.5. The summed E-state index contributed by atoms with van der Waals surface area (Å²) in [5.74, 6) is 0.559. The minimum absolute atomic E-state index is 0.00941. The van der Waals surface area contributed by atoms with Crippen molar-refractivity contribution in [1.82, 2.24) is 14.5 Å². The topological polar surface area (TPSA) is 71.2 Å². The van der Waals surface area contributed by atoms with Crippen molar-refractivity contribution in [3.63, 3.8) is 0 Å². The van der Waals surface area contributed by atoms with Gasteiger partial charge in [0.15, 0.2) is 0 Å². The molecular formula is C15H15N3O2. The minimum Gasteiger partial charge on any atom is -0.507 e. The van der Waals surface area contributed by atoms with E-state index in [9.17, 15) is 10.2 Å². The van der Waals surface area contributed by atoms with Crippen molar-refractivity contribution in [3.05, 3.63) is 36.7 Å². The molecule has 3 aromatic rings. The zero-order chi connectivity index (χ0) is 14.3. The van der Waals surface area contributed by atoms with Gasteiger partial charge in [-0.2, -0.15) is 0 Å². The van der Waals surface area contributed by atoms with Crippen LogP contribution < -0.4 is 0 Å². The van der Waals surface area contributed by atoms with Crippen molar-refractivity contribution < 1.29 is 10.2 Å². The van der Waals surface area contributed by atoms with Gasteiger partial charge in [-0.05, 0) is 32.0 Å². The van der Waals surface area contributed by atoms with Gasteiger partial charge in [-0.3, -0.25) is 4.98 Å². The zero-order valence-electron chi connectivity index (χ0n) is 11.3. The highest BCUT2D eigenvalue weighted by atomic mass is 16.3. The molecule has 0 aliphatic rings. The fraction of sp³-hybridized carbons (Fsp3) is 0.200. The number of phenols is 2. The molecule has 0 unspecified atom stereocenters. The standard InChI is InChI=1S/C15H15N3O2/c1-9(2)18-11-6-7-16-8-10(11)17-15(18)14-12(19)4-3-5-13(14)20/h3-9,19-20H,1-2H3. The van der Waals surface area contributed by atoms with Crippen molar-refractivity contribution >= 4 is 11.0 Å². The van der Waals surface area contributed by atoms with Crippen LogP contribution in [0, 0.1) is 0 Å². The highest BCUT2D eigenvalue weighted by Crippen LogP contribution is 2.38. The molecule has 0 atom stereocenters. The maximum Gasteiger partial charge on any atom is 0.148 e. The third-order valence-electron chi connectivity index (χ3n) is 3.25. The SMILES string of the molecule is CC(C)n1c(-c2c(O)cccc2O)nc2cnccc21. The Bertz CT molecular complexity index is 758. The zero-order valence-corrected chi connectivity index (χ0v) is 11.3. The molecule has 20 heavy (non-hydrogen) atoms. The third kappa shape index (κ3) is 1.79. The van der Waals surface area contributed by atoms with Gasteiger partial charge in [-0.15, -0.1) is 0 Å². The van der Waals surface area contributed by atoms with Crippen LogP contribution in [0.1, 0.15) is 19.9 Å². The fourth-order valence-electron chi connectivity index (χ4n) is 2.41. The van der Waals surface area contributed by atoms with E-state index in [-0.39, 0.29) is 17.5 Å². The second kappa shape index (κ2) is 4.52. The molecule has 0 amide bonds. The Hall–Kier alpha value is -2.56. The molecule has 0 spiro atoms. The monoisotopic (exact) mass is 269 g/mol. The van der Waals surface area contributed by atoms with E-state index >= 15 is 0 Å². The number of benzene rings is 1. The fourth-order valence-corrected chi connectivity index (χ4v) is 2.41. The van der Waals surface area contributed by atoms with Crippen LogP contribution in [0.5, 0.6) is 11.5 Å². The van der Waals surface area contributed by atoms with Crippen LogP contribution in [0.2, 0.25) is 0 Å². The van der Waals surface area contributed by atoms with Gasteiger partial charge in [-0.1, -0.05) is 6.07 Å². The van der Waals surface area contributed by atoms with Gasteiger partial charge in [-0.25, -0.2) is 4.98 Å². The molecule has 0 aliphatic heterocycles. The Morgan fingerprint density at radius 1 is 1.10 bits per heavy atom. The van der Waals surface area contributed by atoms with Gasteiger partial charge in [0, 0.05) is 12.2 Å². The summed E-state index contributed by atoms with van der Waals surface area (Å²) in [5.41, 5.74) is 2.00. The molecule has 5 nitrogen and oxygen atoms in total. The van der Waals surface area contributed by atoms with E-state index in [1.54, 1.807) is 18.5 Å². The second-order valence-electron chi connectivity index (χ2n) is 4.93. The summed E-state index contributed by atoms with van der Waals surface area (Å²) in [4.78, 5) is 8.57. The van der Waals surface area contributed by atoms with Crippen molar-refractivity contribution in [2.75, 3.05) is 0 Å². The lowest BCUT2D eigenvalue weighted by atomic mass is 10.1. The number of fused-ring (bicyclic) bond motifs is 1. The number of imidazole rings is 1. The van der Waals surface area contributed by atoms with Crippen LogP contribution in [0.3, 0.4) is 0 Å². The van der Waals surface area contributed by atoms with Crippen LogP contribution in [0.25, 0.3) is 22.4 Å². The summed E-state index contributed by atoms with van der Waals surface area (Å²) in [6.07, 6.45) is 3.38. The van der Waals surface area contributed by atoms with Crippen LogP contribution in [0.15, 0.2) is 36.7 Å². The first-order valence-corrected chi connectivity index (χ1v) is 6.43. The molecule has 2 N–H and O–H groups in total. The summed E-state index contributed by atoms with van der Waals surface area (Å²) in [6.45, 7) is 4.06. The lowest BCUT2D eigenvalue weighted by molar-refractivity contribution is 0.452. The quantitative estimate of drug-likeness (QED) is 0.750. The predicted octanol–water partition coefficient (Wildman–Crippen LogP) is 3.09. The number of aromatic nitrogens is 3. The maximum atomic E-state index is 10.0. The Morgan fingerprint density at radius 2 is 1.80 bits per heavy atom. The van der Waals surface area contributed by atoms with E-state index < -0.39 is 0 Å². The van der Waals surface area contributed by atoms with E-state index in [2.05, 4.69) is 9.97 Å². The van der Waals surface area contributed by atoms with Crippen molar-refractivity contribution in [2.24, 2.45) is 0 Å². The third-order valence-corrected chi connectivity index (χ3v) is 3.25. The summed E-state index contributed by atoms with van der Waals surface area (Å²) >= 11 is 0. The van der Waals surface area contributed by atoms with E-state index in [0.29, 0.717) is 11.4 Å². The highest BCUT2D eigenvalue weighted by Gasteiger charge is 2.20. The molecule has 0 bridgehead atoms. The van der Waals surface area contributed by atoms with E-state index in [4.69, 9.17) is 0 Å². The average molecular weight is 269 g/mol. The minimum atomic E-state index is 0.00941. The second-order valence-corrected chi connectivity index (χ2v) is 4.93. The van der Waals surface area contributed by atoms with Gasteiger partial charge in [0.2, 0.25) is 0 Å². The number of phenolic OH excluding ortho intramolecular Hbond substituents is 2. The normalized spacial score (nSPS) is 11.3. The summed E-state index contributed by atoms with van der Waals surface area (Å²) in [5, 5.41) is 20.1. The molecule has 5 heteroatoms. The predicted molar refractivity (Wildman–Crippen MR) is 76.7 cm³/mol. The van der Waals surface area contributed by atoms with Crippen LogP contribution >= 0.6 is 0 Å². The number of aromatic hydroxyl groups is 2. The molecule has 2 aromatic heterocycles. The first-order valence-electron chi connectivity index (χ1n) is 6.43. The van der Waals surface area contributed by atoms with Gasteiger partial charge >= 0.3 is 0 Å². The lowest BCUT2D eigenvalue weighted by Gasteiger charge is -2.14. The molecule has 0 saturated heterocycles. The Balaban J connectivity index is 2.39.